The smallest absolute Gasteiger partial charge is 0.236 e. The molecule has 0 radical (unpaired) electrons. The Labute approximate surface area is 257 Å². The third-order valence-corrected chi connectivity index (χ3v) is 8.84. The largest absolute Gasteiger partial charge is 0.508 e. The highest BCUT2D eigenvalue weighted by Crippen LogP contribution is 2.26. The van der Waals surface area contributed by atoms with Crippen LogP contribution in [0.4, 0.5) is 28.7 Å². The highest BCUT2D eigenvalue weighted by atomic mass is 32.2. The van der Waals surface area contributed by atoms with Gasteiger partial charge in [0, 0.05) is 88.6 Å². The fourth-order valence-corrected chi connectivity index (χ4v) is 6.13. The summed E-state index contributed by atoms with van der Waals surface area (Å²) in [6, 6.07) is 17.8. The number of thioether (sulfide) groups is 1. The van der Waals surface area contributed by atoms with Crippen molar-refractivity contribution in [2.45, 2.75) is 5.16 Å². The maximum absolute atomic E-state index is 13.2. The Morgan fingerprint density at radius 3 is 2.07 bits per heavy atom. The number of rotatable bonds is 8. The summed E-state index contributed by atoms with van der Waals surface area (Å²) in [5.41, 5.74) is 3.29. The van der Waals surface area contributed by atoms with E-state index in [2.05, 4.69) is 49.2 Å². The van der Waals surface area contributed by atoms with E-state index in [0.29, 0.717) is 19.6 Å². The molecule has 2 aromatic carbocycles. The van der Waals surface area contributed by atoms with Gasteiger partial charge in [-0.3, -0.25) is 9.69 Å². The maximum Gasteiger partial charge on any atom is 0.236 e. The summed E-state index contributed by atoms with van der Waals surface area (Å²) in [7, 11) is 0. The summed E-state index contributed by atoms with van der Waals surface area (Å²) < 4.78 is 5.47. The second-order valence-corrected chi connectivity index (χ2v) is 11.8. The van der Waals surface area contributed by atoms with Crippen LogP contribution in [0.15, 0.2) is 59.8 Å². The first kappa shape index (κ1) is 29.3. The lowest BCUT2D eigenvalue weighted by atomic mass is 10.2. The molecule has 3 fully saturated rings. The van der Waals surface area contributed by atoms with Crippen LogP contribution in [0.1, 0.15) is 0 Å². The van der Waals surface area contributed by atoms with Crippen LogP contribution in [0, 0.1) is 0 Å². The monoisotopic (exact) mass is 604 g/mol. The molecular weight excluding hydrogens is 564 g/mol. The Hall–Kier alpha value is -3.74. The summed E-state index contributed by atoms with van der Waals surface area (Å²) in [4.78, 5) is 33.7. The number of phenolic OH excluding ortho intramolecular Hbond substituents is 1. The van der Waals surface area contributed by atoms with Crippen LogP contribution in [-0.4, -0.2) is 122 Å². The number of ether oxygens (including phenoxy) is 1. The summed E-state index contributed by atoms with van der Waals surface area (Å²) in [6.45, 7) is 10.1. The molecule has 11 nitrogen and oxygen atoms in total. The lowest BCUT2D eigenvalue weighted by Gasteiger charge is -2.39. The van der Waals surface area contributed by atoms with Crippen LogP contribution in [0.5, 0.6) is 5.75 Å². The predicted octanol–water partition coefficient (Wildman–Crippen LogP) is 2.96. The van der Waals surface area contributed by atoms with Crippen LogP contribution in [-0.2, 0) is 9.53 Å². The number of anilines is 5. The second-order valence-electron chi connectivity index (χ2n) is 11.0. The Morgan fingerprint density at radius 1 is 0.814 bits per heavy atom. The third kappa shape index (κ3) is 7.43. The molecule has 1 aromatic heterocycles. The van der Waals surface area contributed by atoms with Gasteiger partial charge in [-0.1, -0.05) is 11.8 Å². The van der Waals surface area contributed by atoms with E-state index in [1.54, 1.807) is 12.1 Å². The van der Waals surface area contributed by atoms with Crippen molar-refractivity contribution in [2.24, 2.45) is 0 Å². The van der Waals surface area contributed by atoms with Crippen molar-refractivity contribution in [1.82, 2.24) is 19.8 Å². The molecule has 228 valence electrons. The van der Waals surface area contributed by atoms with Gasteiger partial charge in [-0.2, -0.15) is 0 Å². The first-order valence-corrected chi connectivity index (χ1v) is 16.2. The summed E-state index contributed by atoms with van der Waals surface area (Å²) in [5, 5.41) is 13.7. The molecule has 0 saturated carbocycles. The predicted molar refractivity (Wildman–Crippen MR) is 172 cm³/mol. The minimum Gasteiger partial charge on any atom is -0.508 e. The zero-order valence-electron chi connectivity index (χ0n) is 24.7. The van der Waals surface area contributed by atoms with Gasteiger partial charge in [-0.25, -0.2) is 9.97 Å². The van der Waals surface area contributed by atoms with Crippen LogP contribution in [0.3, 0.4) is 0 Å². The number of nitrogens with one attached hydrogen (secondary N) is 1. The second kappa shape index (κ2) is 13.7. The number of carbonyl (C=O) groups is 1. The molecule has 3 saturated heterocycles. The molecule has 6 rings (SSSR count). The average Bonchev–Trinajstić information content (AvgIpc) is 3.06. The normalized spacial score (nSPS) is 18.2. The number of amides is 1. The molecule has 0 atom stereocenters. The van der Waals surface area contributed by atoms with Gasteiger partial charge in [0.2, 0.25) is 5.91 Å². The number of aromatic nitrogens is 2. The molecule has 12 heteroatoms. The van der Waals surface area contributed by atoms with E-state index in [-0.39, 0.29) is 11.7 Å². The van der Waals surface area contributed by atoms with E-state index in [1.165, 1.54) is 17.4 Å². The van der Waals surface area contributed by atoms with E-state index in [1.807, 2.05) is 29.4 Å². The standard InChI is InChI=1S/C31H40N8O3S/c1-43-31-33-28(32-24-2-4-25(5-3-24)37-18-20-42-21-19-37)22-29(34-31)38-14-16-39(17-15-38)30(41)23-35-10-12-36(13-11-35)26-6-8-27(40)9-7-26/h2-9,22,40H,10-21,23H2,1H3,(H,32,33,34). The highest BCUT2D eigenvalue weighted by molar-refractivity contribution is 7.98. The zero-order valence-corrected chi connectivity index (χ0v) is 25.5. The lowest BCUT2D eigenvalue weighted by Crippen LogP contribution is -2.54. The first-order valence-electron chi connectivity index (χ1n) is 15.0. The molecule has 0 bridgehead atoms. The molecule has 3 aromatic rings. The van der Waals surface area contributed by atoms with Crippen molar-refractivity contribution < 1.29 is 14.6 Å². The van der Waals surface area contributed by atoms with E-state index in [0.717, 1.165) is 93.7 Å². The average molecular weight is 605 g/mol. The molecular formula is C31H40N8O3S. The number of hydrogen-bond donors (Lipinski definition) is 2. The number of benzene rings is 2. The lowest BCUT2D eigenvalue weighted by molar-refractivity contribution is -0.132. The van der Waals surface area contributed by atoms with Gasteiger partial charge in [-0.15, -0.1) is 0 Å². The Kier molecular flexibility index (Phi) is 9.35. The van der Waals surface area contributed by atoms with Crippen LogP contribution in [0.25, 0.3) is 0 Å². The minimum atomic E-state index is 0.188. The van der Waals surface area contributed by atoms with E-state index in [4.69, 9.17) is 14.7 Å². The fraction of sp³-hybridized carbons (Fsp3) is 0.452. The van der Waals surface area contributed by atoms with Gasteiger partial charge < -0.3 is 34.8 Å². The SMILES string of the molecule is CSc1nc(Nc2ccc(N3CCOCC3)cc2)cc(N2CCN(C(=O)CN3CCN(c4ccc(O)cc4)CC3)CC2)n1. The van der Waals surface area contributed by atoms with Gasteiger partial charge in [0.25, 0.3) is 0 Å². The number of carbonyl (C=O) groups excluding carboxylic acids is 1. The first-order chi connectivity index (χ1) is 21.0. The number of morpholine rings is 1. The molecule has 0 aliphatic carbocycles. The number of hydrogen-bond acceptors (Lipinski definition) is 11. The molecule has 4 heterocycles. The Morgan fingerprint density at radius 2 is 1.42 bits per heavy atom. The molecule has 3 aliphatic rings. The van der Waals surface area contributed by atoms with E-state index < -0.39 is 0 Å². The maximum atomic E-state index is 13.2. The number of aromatic hydroxyl groups is 1. The summed E-state index contributed by atoms with van der Waals surface area (Å²) in [5.74, 6) is 2.11. The van der Waals surface area contributed by atoms with Crippen molar-refractivity contribution >= 4 is 46.4 Å². The topological polar surface area (TPSA) is 101 Å². The number of phenols is 1. The quantitative estimate of drug-likeness (QED) is 0.293. The van der Waals surface area contributed by atoms with Crippen LogP contribution in [0.2, 0.25) is 0 Å². The fourth-order valence-electron chi connectivity index (χ4n) is 5.76. The van der Waals surface area contributed by atoms with Crippen LogP contribution >= 0.6 is 11.8 Å². The third-order valence-electron chi connectivity index (χ3n) is 8.29. The van der Waals surface area contributed by atoms with Crippen molar-refractivity contribution in [2.75, 3.05) is 111 Å². The zero-order chi connectivity index (χ0) is 29.6. The molecule has 0 unspecified atom stereocenters. The Balaban J connectivity index is 1.00. The van der Waals surface area contributed by atoms with Gasteiger partial charge in [0.1, 0.15) is 17.4 Å². The summed E-state index contributed by atoms with van der Waals surface area (Å²) in [6.07, 6.45) is 1.99. The number of nitrogens with zero attached hydrogens (tertiary/aromatic N) is 7. The molecule has 3 aliphatic heterocycles. The molecule has 0 spiro atoms. The Bertz CT molecular complexity index is 1350. The van der Waals surface area contributed by atoms with Gasteiger partial charge in [0.05, 0.1) is 19.8 Å². The molecule has 43 heavy (non-hydrogen) atoms. The van der Waals surface area contributed by atoms with Crippen molar-refractivity contribution in [3.8, 4) is 5.75 Å². The minimum absolute atomic E-state index is 0.188. The number of piperazine rings is 2. The van der Waals surface area contributed by atoms with Crippen molar-refractivity contribution in [1.29, 1.82) is 0 Å². The van der Waals surface area contributed by atoms with E-state index in [9.17, 15) is 9.90 Å². The highest BCUT2D eigenvalue weighted by Gasteiger charge is 2.26. The van der Waals surface area contributed by atoms with E-state index >= 15 is 0 Å². The summed E-state index contributed by atoms with van der Waals surface area (Å²) >= 11 is 1.53. The molecule has 1 amide bonds. The van der Waals surface area contributed by atoms with Gasteiger partial charge >= 0.3 is 0 Å². The molecule has 2 N–H and O–H groups in total. The van der Waals surface area contributed by atoms with Crippen molar-refractivity contribution in [3.05, 3.63) is 54.6 Å². The van der Waals surface area contributed by atoms with Gasteiger partial charge in [-0.05, 0) is 54.8 Å². The van der Waals surface area contributed by atoms with Crippen molar-refractivity contribution in [3.63, 3.8) is 0 Å². The van der Waals surface area contributed by atoms with Crippen LogP contribution < -0.4 is 20.0 Å². The van der Waals surface area contributed by atoms with Gasteiger partial charge in [0.15, 0.2) is 5.16 Å².